The molecule has 2 heteroatoms. The first-order valence-corrected chi connectivity index (χ1v) is 3.52. The fourth-order valence-electron chi connectivity index (χ4n) is 1.09. The highest BCUT2D eigenvalue weighted by Crippen LogP contribution is 2.03. The zero-order valence-corrected chi connectivity index (χ0v) is 6.12. The topological polar surface area (TPSA) is 24.1 Å². The number of rotatable bonds is 1. The molecule has 1 heterocycles. The van der Waals surface area contributed by atoms with Crippen molar-refractivity contribution in [3.8, 4) is 0 Å². The van der Waals surface area contributed by atoms with Gasteiger partial charge in [0.05, 0.1) is 0 Å². The Bertz CT molecular complexity index is 127. The molecule has 0 aromatic heterocycles. The largest absolute Gasteiger partial charge is 0.385 e. The maximum absolute atomic E-state index is 3.34. The van der Waals surface area contributed by atoms with E-state index in [1.165, 1.54) is 11.4 Å². The summed E-state index contributed by atoms with van der Waals surface area (Å²) in [4.78, 5) is 0. The van der Waals surface area contributed by atoms with Gasteiger partial charge >= 0.3 is 0 Å². The summed E-state index contributed by atoms with van der Waals surface area (Å²) >= 11 is 0. The maximum atomic E-state index is 3.34. The normalized spacial score (nSPS) is 18.9. The Morgan fingerprint density at radius 3 is 2.44 bits per heavy atom. The molecule has 0 fully saturated rings. The summed E-state index contributed by atoms with van der Waals surface area (Å²) in [5.41, 5.74) is 2.67. The van der Waals surface area contributed by atoms with Crippen molar-refractivity contribution in [2.24, 2.45) is 0 Å². The van der Waals surface area contributed by atoms with Crippen molar-refractivity contribution in [3.05, 3.63) is 11.4 Å². The third kappa shape index (κ3) is 1.37. The molecule has 0 atom stereocenters. The Labute approximate surface area is 56.3 Å². The van der Waals surface area contributed by atoms with Crippen molar-refractivity contribution in [3.63, 3.8) is 0 Å². The number of nitrogens with one attached hydrogen (secondary N) is 2. The van der Waals surface area contributed by atoms with Crippen LogP contribution in [-0.2, 0) is 0 Å². The van der Waals surface area contributed by atoms with Gasteiger partial charge in [0.15, 0.2) is 0 Å². The van der Waals surface area contributed by atoms with Crippen LogP contribution >= 0.6 is 0 Å². The van der Waals surface area contributed by atoms with Crippen molar-refractivity contribution >= 4 is 0 Å². The summed E-state index contributed by atoms with van der Waals surface area (Å²) in [5.74, 6) is 0. The molecule has 1 aliphatic heterocycles. The lowest BCUT2D eigenvalue weighted by molar-refractivity contribution is 0.631. The van der Waals surface area contributed by atoms with Gasteiger partial charge < -0.3 is 10.6 Å². The standard InChI is InChI=1S/C7H14N2/c1-3-7-6(2)8-4-5-9-7/h8-9H,3-5H2,1-2H3. The number of hydrogen-bond acceptors (Lipinski definition) is 2. The van der Waals surface area contributed by atoms with Crippen LogP contribution in [0.3, 0.4) is 0 Å². The van der Waals surface area contributed by atoms with Gasteiger partial charge in [0.1, 0.15) is 0 Å². The first kappa shape index (κ1) is 6.46. The summed E-state index contributed by atoms with van der Waals surface area (Å²) in [5, 5.41) is 6.64. The molecule has 0 unspecified atom stereocenters. The second-order valence-corrected chi connectivity index (χ2v) is 2.31. The predicted octanol–water partition coefficient (Wildman–Crippen LogP) is 0.821. The third-order valence-corrected chi connectivity index (χ3v) is 1.66. The molecular formula is C7H14N2. The second kappa shape index (κ2) is 2.76. The van der Waals surface area contributed by atoms with E-state index in [0.29, 0.717) is 0 Å². The molecule has 2 N–H and O–H groups in total. The van der Waals surface area contributed by atoms with E-state index >= 15 is 0 Å². The van der Waals surface area contributed by atoms with Crippen LogP contribution in [0.4, 0.5) is 0 Å². The van der Waals surface area contributed by atoms with Crippen molar-refractivity contribution in [2.75, 3.05) is 13.1 Å². The maximum Gasteiger partial charge on any atom is 0.0318 e. The van der Waals surface area contributed by atoms with Gasteiger partial charge in [0.2, 0.25) is 0 Å². The Balaban J connectivity index is 2.59. The average Bonchev–Trinajstić information content (AvgIpc) is 1.89. The van der Waals surface area contributed by atoms with Gasteiger partial charge in [-0.3, -0.25) is 0 Å². The quantitative estimate of drug-likeness (QED) is 0.543. The molecule has 0 amide bonds. The molecule has 0 aliphatic carbocycles. The average molecular weight is 126 g/mol. The minimum Gasteiger partial charge on any atom is -0.385 e. The molecule has 1 rings (SSSR count). The lowest BCUT2D eigenvalue weighted by Crippen LogP contribution is -2.34. The fourth-order valence-corrected chi connectivity index (χ4v) is 1.09. The fraction of sp³-hybridized carbons (Fsp3) is 0.714. The molecule has 52 valence electrons. The highest BCUT2D eigenvalue weighted by Gasteiger charge is 2.03. The van der Waals surface area contributed by atoms with Crippen molar-refractivity contribution in [2.45, 2.75) is 20.3 Å². The van der Waals surface area contributed by atoms with Gasteiger partial charge in [-0.05, 0) is 13.3 Å². The molecule has 0 bridgehead atoms. The molecule has 0 radical (unpaired) electrons. The van der Waals surface area contributed by atoms with E-state index in [-0.39, 0.29) is 0 Å². The SMILES string of the molecule is CCC1=C(C)NCCN1. The van der Waals surface area contributed by atoms with Crippen LogP contribution in [0.1, 0.15) is 20.3 Å². The van der Waals surface area contributed by atoms with Crippen LogP contribution in [0.15, 0.2) is 11.4 Å². The number of hydrogen-bond donors (Lipinski definition) is 2. The van der Waals surface area contributed by atoms with Gasteiger partial charge in [0, 0.05) is 24.5 Å². The molecule has 0 spiro atoms. The van der Waals surface area contributed by atoms with E-state index in [0.717, 1.165) is 19.5 Å². The van der Waals surface area contributed by atoms with E-state index in [1.807, 2.05) is 0 Å². The Morgan fingerprint density at radius 1 is 1.33 bits per heavy atom. The first-order chi connectivity index (χ1) is 4.34. The summed E-state index contributed by atoms with van der Waals surface area (Å²) in [6.45, 7) is 6.42. The van der Waals surface area contributed by atoms with Crippen LogP contribution in [0.5, 0.6) is 0 Å². The Kier molecular flexibility index (Phi) is 1.98. The van der Waals surface area contributed by atoms with Crippen LogP contribution < -0.4 is 10.6 Å². The highest BCUT2D eigenvalue weighted by atomic mass is 15.0. The van der Waals surface area contributed by atoms with Crippen LogP contribution in [0, 0.1) is 0 Å². The Hall–Kier alpha value is -0.660. The summed E-state index contributed by atoms with van der Waals surface area (Å²) in [6.07, 6.45) is 1.11. The minimum atomic E-state index is 1.06. The van der Waals surface area contributed by atoms with Gasteiger partial charge in [-0.15, -0.1) is 0 Å². The van der Waals surface area contributed by atoms with Crippen LogP contribution in [-0.4, -0.2) is 13.1 Å². The van der Waals surface area contributed by atoms with Crippen LogP contribution in [0.2, 0.25) is 0 Å². The molecule has 2 nitrogen and oxygen atoms in total. The molecule has 1 aliphatic rings. The minimum absolute atomic E-state index is 1.06. The molecular weight excluding hydrogens is 112 g/mol. The van der Waals surface area contributed by atoms with Gasteiger partial charge in [0.25, 0.3) is 0 Å². The van der Waals surface area contributed by atoms with Crippen molar-refractivity contribution in [1.82, 2.24) is 10.6 Å². The molecule has 0 saturated heterocycles. The van der Waals surface area contributed by atoms with E-state index in [2.05, 4.69) is 24.5 Å². The molecule has 9 heavy (non-hydrogen) atoms. The highest BCUT2D eigenvalue weighted by molar-refractivity contribution is 5.10. The summed E-state index contributed by atoms with van der Waals surface area (Å²) in [7, 11) is 0. The molecule has 0 aromatic rings. The van der Waals surface area contributed by atoms with Crippen LogP contribution in [0.25, 0.3) is 0 Å². The molecule has 0 saturated carbocycles. The Morgan fingerprint density at radius 2 is 2.00 bits per heavy atom. The predicted molar refractivity (Wildman–Crippen MR) is 39.0 cm³/mol. The van der Waals surface area contributed by atoms with Crippen molar-refractivity contribution in [1.29, 1.82) is 0 Å². The second-order valence-electron chi connectivity index (χ2n) is 2.31. The van der Waals surface area contributed by atoms with E-state index in [4.69, 9.17) is 0 Å². The van der Waals surface area contributed by atoms with Crippen molar-refractivity contribution < 1.29 is 0 Å². The van der Waals surface area contributed by atoms with Gasteiger partial charge in [-0.2, -0.15) is 0 Å². The smallest absolute Gasteiger partial charge is 0.0318 e. The van der Waals surface area contributed by atoms with E-state index < -0.39 is 0 Å². The van der Waals surface area contributed by atoms with Gasteiger partial charge in [-0.25, -0.2) is 0 Å². The lowest BCUT2D eigenvalue weighted by atomic mass is 10.2. The summed E-state index contributed by atoms with van der Waals surface area (Å²) in [6, 6.07) is 0. The monoisotopic (exact) mass is 126 g/mol. The number of allylic oxidation sites excluding steroid dienone is 2. The van der Waals surface area contributed by atoms with E-state index in [1.54, 1.807) is 0 Å². The third-order valence-electron chi connectivity index (χ3n) is 1.66. The first-order valence-electron chi connectivity index (χ1n) is 3.52. The zero-order valence-electron chi connectivity index (χ0n) is 6.12. The van der Waals surface area contributed by atoms with Gasteiger partial charge in [-0.1, -0.05) is 6.92 Å². The lowest BCUT2D eigenvalue weighted by Gasteiger charge is -2.20. The zero-order chi connectivity index (χ0) is 6.69. The van der Waals surface area contributed by atoms with E-state index in [9.17, 15) is 0 Å². The molecule has 0 aromatic carbocycles. The summed E-state index contributed by atoms with van der Waals surface area (Å²) < 4.78 is 0.